The van der Waals surface area contributed by atoms with Crippen molar-refractivity contribution >= 4 is 16.0 Å². The van der Waals surface area contributed by atoms with Crippen LogP contribution in [0.15, 0.2) is 6.20 Å². The Kier molecular flexibility index (Phi) is 3.96. The van der Waals surface area contributed by atoms with Gasteiger partial charge in [-0.2, -0.15) is 0 Å². The van der Waals surface area contributed by atoms with Gasteiger partial charge in [-0.1, -0.05) is 5.21 Å². The van der Waals surface area contributed by atoms with Gasteiger partial charge < -0.3 is 5.11 Å². The minimum Gasteiger partial charge on any atom is -0.476 e. The van der Waals surface area contributed by atoms with Gasteiger partial charge in [-0.15, -0.1) is 5.10 Å². The molecule has 0 aromatic carbocycles. The number of carboxylic acid groups (broad SMARTS) is 1. The van der Waals surface area contributed by atoms with E-state index in [9.17, 15) is 13.2 Å². The zero-order chi connectivity index (χ0) is 12.2. The van der Waals surface area contributed by atoms with Gasteiger partial charge in [0.15, 0.2) is 5.69 Å². The Bertz CT molecular complexity index is 466. The molecular weight excluding hydrogens is 236 g/mol. The first kappa shape index (κ1) is 12.6. The Hall–Kier alpha value is -1.48. The van der Waals surface area contributed by atoms with Crippen molar-refractivity contribution in [2.24, 2.45) is 0 Å². The van der Waals surface area contributed by atoms with E-state index in [1.165, 1.54) is 17.8 Å². The van der Waals surface area contributed by atoms with Crippen LogP contribution in [-0.4, -0.2) is 46.8 Å². The second kappa shape index (κ2) is 5.03. The van der Waals surface area contributed by atoms with Crippen molar-refractivity contribution in [3.63, 3.8) is 0 Å². The number of hydrogen-bond donors (Lipinski definition) is 2. The zero-order valence-electron chi connectivity index (χ0n) is 8.62. The van der Waals surface area contributed by atoms with Gasteiger partial charge in [0.1, 0.15) is 0 Å². The smallest absolute Gasteiger partial charge is 0.358 e. The highest BCUT2D eigenvalue weighted by Gasteiger charge is 2.09. The van der Waals surface area contributed by atoms with Gasteiger partial charge in [-0.3, -0.25) is 4.68 Å². The average Bonchev–Trinajstić information content (AvgIpc) is 2.66. The summed E-state index contributed by atoms with van der Waals surface area (Å²) in [7, 11) is -3.23. The van der Waals surface area contributed by atoms with Crippen molar-refractivity contribution in [2.75, 3.05) is 12.3 Å². The molecule has 0 amide bonds. The molecule has 1 rings (SSSR count). The molecule has 0 bridgehead atoms. The molecule has 0 fully saturated rings. The van der Waals surface area contributed by atoms with Crippen molar-refractivity contribution in [1.82, 2.24) is 19.7 Å². The summed E-state index contributed by atoms with van der Waals surface area (Å²) in [4.78, 5) is 10.5. The third-order valence-corrected chi connectivity index (χ3v) is 3.20. The fraction of sp³-hybridized carbons (Fsp3) is 0.571. The number of sulfonamides is 1. The molecule has 0 atom stereocenters. The van der Waals surface area contributed by atoms with Gasteiger partial charge >= 0.3 is 5.97 Å². The molecular formula is C7H12N4O4S. The Balaban J connectivity index is 2.46. The summed E-state index contributed by atoms with van der Waals surface area (Å²) in [5.74, 6) is -1.16. The molecule has 1 aromatic rings. The van der Waals surface area contributed by atoms with Gasteiger partial charge in [-0.25, -0.2) is 17.9 Å². The van der Waals surface area contributed by atoms with Gasteiger partial charge in [0.05, 0.1) is 18.5 Å². The maximum absolute atomic E-state index is 11.1. The predicted octanol–water partition coefficient (Wildman–Crippen LogP) is -1.08. The molecule has 0 saturated carbocycles. The highest BCUT2D eigenvalue weighted by molar-refractivity contribution is 7.89. The van der Waals surface area contributed by atoms with Crippen molar-refractivity contribution < 1.29 is 18.3 Å². The molecule has 1 heterocycles. The molecule has 2 N–H and O–H groups in total. The zero-order valence-corrected chi connectivity index (χ0v) is 9.44. The van der Waals surface area contributed by atoms with E-state index in [0.29, 0.717) is 0 Å². The molecule has 16 heavy (non-hydrogen) atoms. The Morgan fingerprint density at radius 1 is 1.62 bits per heavy atom. The lowest BCUT2D eigenvalue weighted by atomic mass is 10.5. The number of carbonyl (C=O) groups is 1. The van der Waals surface area contributed by atoms with Gasteiger partial charge in [0, 0.05) is 6.54 Å². The van der Waals surface area contributed by atoms with Crippen LogP contribution in [0, 0.1) is 0 Å². The van der Waals surface area contributed by atoms with Crippen LogP contribution in [0.3, 0.4) is 0 Å². The molecule has 9 heteroatoms. The minimum atomic E-state index is -3.23. The van der Waals surface area contributed by atoms with Crippen molar-refractivity contribution in [1.29, 1.82) is 0 Å². The fourth-order valence-corrected chi connectivity index (χ4v) is 1.53. The van der Waals surface area contributed by atoms with E-state index in [1.807, 2.05) is 0 Å². The summed E-state index contributed by atoms with van der Waals surface area (Å²) in [6.45, 7) is 1.92. The van der Waals surface area contributed by atoms with Crippen LogP contribution in [0.4, 0.5) is 0 Å². The third-order valence-electron chi connectivity index (χ3n) is 1.80. The summed E-state index contributed by atoms with van der Waals surface area (Å²) in [5.41, 5.74) is -0.168. The molecule has 0 aliphatic carbocycles. The lowest BCUT2D eigenvalue weighted by Gasteiger charge is -2.03. The fourth-order valence-electron chi connectivity index (χ4n) is 0.923. The van der Waals surface area contributed by atoms with Crippen LogP contribution in [0.25, 0.3) is 0 Å². The Morgan fingerprint density at radius 3 is 2.81 bits per heavy atom. The van der Waals surface area contributed by atoms with Gasteiger partial charge in [0.25, 0.3) is 0 Å². The molecule has 0 aliphatic heterocycles. The molecule has 0 aliphatic rings. The molecule has 1 aromatic heterocycles. The van der Waals surface area contributed by atoms with Crippen molar-refractivity contribution in [2.45, 2.75) is 13.5 Å². The quantitative estimate of drug-likeness (QED) is 0.661. The largest absolute Gasteiger partial charge is 0.476 e. The summed E-state index contributed by atoms with van der Waals surface area (Å²) < 4.78 is 25.7. The predicted molar refractivity (Wildman–Crippen MR) is 54.4 cm³/mol. The van der Waals surface area contributed by atoms with Crippen molar-refractivity contribution in [3.8, 4) is 0 Å². The number of aromatic carboxylic acids is 1. The number of carboxylic acids is 1. The average molecular weight is 248 g/mol. The van der Waals surface area contributed by atoms with E-state index < -0.39 is 16.0 Å². The summed E-state index contributed by atoms with van der Waals surface area (Å²) >= 11 is 0. The molecule has 90 valence electrons. The summed E-state index contributed by atoms with van der Waals surface area (Å²) in [6, 6.07) is 0. The molecule has 0 unspecified atom stereocenters. The van der Waals surface area contributed by atoms with E-state index >= 15 is 0 Å². The van der Waals surface area contributed by atoms with E-state index in [4.69, 9.17) is 5.11 Å². The third kappa shape index (κ3) is 3.59. The number of aromatic nitrogens is 3. The van der Waals surface area contributed by atoms with E-state index in [0.717, 1.165) is 0 Å². The first-order valence-electron chi connectivity index (χ1n) is 4.55. The normalized spacial score (nSPS) is 11.6. The monoisotopic (exact) mass is 248 g/mol. The number of nitrogens with one attached hydrogen (secondary N) is 1. The Labute approximate surface area is 92.3 Å². The van der Waals surface area contributed by atoms with Crippen LogP contribution >= 0.6 is 0 Å². The highest BCUT2D eigenvalue weighted by atomic mass is 32.2. The van der Waals surface area contributed by atoms with Crippen LogP contribution in [0.2, 0.25) is 0 Å². The van der Waals surface area contributed by atoms with Crippen molar-refractivity contribution in [3.05, 3.63) is 11.9 Å². The maximum atomic E-state index is 11.1. The topological polar surface area (TPSA) is 114 Å². The first-order chi connectivity index (χ1) is 7.44. The van der Waals surface area contributed by atoms with Gasteiger partial charge in [-0.05, 0) is 6.92 Å². The summed E-state index contributed by atoms with van der Waals surface area (Å²) in [6.07, 6.45) is 1.24. The van der Waals surface area contributed by atoms with Crippen LogP contribution in [0.1, 0.15) is 17.4 Å². The summed E-state index contributed by atoms with van der Waals surface area (Å²) in [5, 5.41) is 15.5. The standard InChI is InChI=1S/C7H12N4O4S/c1-2-16(14,15)8-3-4-11-5-6(7(12)13)9-10-11/h5,8H,2-4H2,1H3,(H,12,13). The van der Waals surface area contributed by atoms with E-state index in [-0.39, 0.29) is 24.5 Å². The van der Waals surface area contributed by atoms with E-state index in [1.54, 1.807) is 0 Å². The van der Waals surface area contributed by atoms with Gasteiger partial charge in [0.2, 0.25) is 10.0 Å². The number of nitrogens with zero attached hydrogens (tertiary/aromatic N) is 3. The molecule has 8 nitrogen and oxygen atoms in total. The second-order valence-electron chi connectivity index (χ2n) is 2.97. The SMILES string of the molecule is CCS(=O)(=O)NCCn1cc(C(=O)O)nn1. The van der Waals surface area contributed by atoms with Crippen LogP contribution in [-0.2, 0) is 16.6 Å². The minimum absolute atomic E-state index is 0.00470. The van der Waals surface area contributed by atoms with Crippen LogP contribution in [0.5, 0.6) is 0 Å². The Morgan fingerprint density at radius 2 is 2.31 bits per heavy atom. The number of hydrogen-bond acceptors (Lipinski definition) is 5. The molecule has 0 radical (unpaired) electrons. The van der Waals surface area contributed by atoms with Crippen LogP contribution < -0.4 is 4.72 Å². The highest BCUT2D eigenvalue weighted by Crippen LogP contribution is 1.92. The lowest BCUT2D eigenvalue weighted by Crippen LogP contribution is -2.28. The molecule has 0 spiro atoms. The second-order valence-corrected chi connectivity index (χ2v) is 5.07. The first-order valence-corrected chi connectivity index (χ1v) is 6.20. The molecule has 0 saturated heterocycles. The number of rotatable bonds is 6. The maximum Gasteiger partial charge on any atom is 0.358 e. The van der Waals surface area contributed by atoms with E-state index in [2.05, 4.69) is 15.0 Å². The lowest BCUT2D eigenvalue weighted by molar-refractivity contribution is 0.0690.